The maximum Gasteiger partial charge on any atom is 0.131 e. The second kappa shape index (κ2) is 5.70. The average Bonchev–Trinajstić information content (AvgIpc) is 2.98. The first-order chi connectivity index (χ1) is 10.1. The molecule has 5 heteroatoms. The molecule has 1 heterocycles. The number of ether oxygens (including phenoxy) is 1. The van der Waals surface area contributed by atoms with Crippen LogP contribution in [-0.2, 0) is 26.5 Å². The average molecular weight is 307 g/mol. The van der Waals surface area contributed by atoms with Crippen molar-refractivity contribution in [2.75, 3.05) is 0 Å². The van der Waals surface area contributed by atoms with E-state index in [1.54, 1.807) is 4.68 Å². The van der Waals surface area contributed by atoms with Gasteiger partial charge in [0.1, 0.15) is 12.4 Å². The van der Waals surface area contributed by atoms with E-state index in [9.17, 15) is 5.11 Å². The molecule has 0 fully saturated rings. The number of aromatic nitrogens is 2. The number of rotatable bonds is 4. The highest BCUT2D eigenvalue weighted by Gasteiger charge is 2.20. The molecule has 1 aromatic heterocycles. The number of aryl methyl sites for hydroxylation is 3. The number of halogens is 1. The van der Waals surface area contributed by atoms with Crippen molar-refractivity contribution in [2.24, 2.45) is 7.05 Å². The minimum absolute atomic E-state index is 0.326. The normalized spacial score (nSPS) is 17.0. The molecule has 3 rings (SSSR count). The Labute approximate surface area is 129 Å². The summed E-state index contributed by atoms with van der Waals surface area (Å²) in [5, 5.41) is 14.9. The highest BCUT2D eigenvalue weighted by Crippen LogP contribution is 2.33. The number of aliphatic hydroxyl groups is 1. The summed E-state index contributed by atoms with van der Waals surface area (Å²) in [5.41, 5.74) is 3.98. The van der Waals surface area contributed by atoms with Gasteiger partial charge in [0.15, 0.2) is 0 Å². The third-order valence-electron chi connectivity index (χ3n) is 4.04. The summed E-state index contributed by atoms with van der Waals surface area (Å²) in [6, 6.07) is 5.86. The van der Waals surface area contributed by atoms with E-state index in [4.69, 9.17) is 16.3 Å². The van der Waals surface area contributed by atoms with Gasteiger partial charge in [-0.2, -0.15) is 5.10 Å². The van der Waals surface area contributed by atoms with Gasteiger partial charge >= 0.3 is 0 Å². The molecular weight excluding hydrogens is 288 g/mol. The number of fused-ring (bicyclic) bond motifs is 1. The van der Waals surface area contributed by atoms with Crippen LogP contribution in [0, 0.1) is 0 Å². The molecule has 2 aromatic rings. The molecule has 1 N–H and O–H groups in total. The number of hydrogen-bond acceptors (Lipinski definition) is 3. The van der Waals surface area contributed by atoms with Gasteiger partial charge in [0.25, 0.3) is 0 Å². The number of nitrogens with zero attached hydrogens (tertiary/aromatic N) is 2. The standard InChI is InChI=1S/C16H19ClN2O2/c1-3-13-16(17)14(19(2)18-13)9-21-11-5-6-12-10(8-11)4-7-15(12)20/h5-6,8,15,20H,3-4,7,9H2,1-2H3. The quantitative estimate of drug-likeness (QED) is 0.943. The minimum atomic E-state index is -0.326. The van der Waals surface area contributed by atoms with Crippen LogP contribution >= 0.6 is 11.6 Å². The molecule has 1 unspecified atom stereocenters. The molecule has 1 aromatic carbocycles. The van der Waals surface area contributed by atoms with Crippen molar-refractivity contribution in [3.63, 3.8) is 0 Å². The van der Waals surface area contributed by atoms with Gasteiger partial charge in [-0.1, -0.05) is 24.6 Å². The predicted octanol–water partition coefficient (Wildman–Crippen LogP) is 3.19. The molecule has 4 nitrogen and oxygen atoms in total. The van der Waals surface area contributed by atoms with Crippen LogP contribution in [0.5, 0.6) is 5.75 Å². The van der Waals surface area contributed by atoms with E-state index in [-0.39, 0.29) is 6.10 Å². The van der Waals surface area contributed by atoms with Gasteiger partial charge in [-0.3, -0.25) is 4.68 Å². The van der Waals surface area contributed by atoms with Crippen LogP contribution in [0.3, 0.4) is 0 Å². The summed E-state index contributed by atoms with van der Waals surface area (Å²) in [5.74, 6) is 0.804. The smallest absolute Gasteiger partial charge is 0.131 e. The van der Waals surface area contributed by atoms with Crippen molar-refractivity contribution in [3.05, 3.63) is 45.7 Å². The lowest BCUT2D eigenvalue weighted by Crippen LogP contribution is -2.04. The Morgan fingerprint density at radius 3 is 3.00 bits per heavy atom. The number of benzene rings is 1. The van der Waals surface area contributed by atoms with Gasteiger partial charge in [-0.25, -0.2) is 0 Å². The van der Waals surface area contributed by atoms with Crippen molar-refractivity contribution in [1.29, 1.82) is 0 Å². The van der Waals surface area contributed by atoms with Gasteiger partial charge in [0, 0.05) is 7.05 Å². The third-order valence-corrected chi connectivity index (χ3v) is 4.48. The molecule has 112 valence electrons. The van der Waals surface area contributed by atoms with Crippen molar-refractivity contribution in [1.82, 2.24) is 9.78 Å². The Kier molecular flexibility index (Phi) is 3.91. The van der Waals surface area contributed by atoms with E-state index >= 15 is 0 Å². The summed E-state index contributed by atoms with van der Waals surface area (Å²) in [4.78, 5) is 0. The van der Waals surface area contributed by atoms with Gasteiger partial charge in [-0.15, -0.1) is 0 Å². The zero-order valence-electron chi connectivity index (χ0n) is 12.3. The fourth-order valence-corrected chi connectivity index (χ4v) is 3.14. The summed E-state index contributed by atoms with van der Waals surface area (Å²) in [6.45, 7) is 2.42. The number of aliphatic hydroxyl groups excluding tert-OH is 1. The summed E-state index contributed by atoms with van der Waals surface area (Å²) < 4.78 is 7.62. The van der Waals surface area contributed by atoms with E-state index in [0.29, 0.717) is 11.6 Å². The molecule has 0 saturated heterocycles. The molecule has 0 saturated carbocycles. The van der Waals surface area contributed by atoms with Crippen LogP contribution in [0.2, 0.25) is 5.02 Å². The van der Waals surface area contributed by atoms with Crippen LogP contribution in [-0.4, -0.2) is 14.9 Å². The molecule has 21 heavy (non-hydrogen) atoms. The molecule has 0 spiro atoms. The fraction of sp³-hybridized carbons (Fsp3) is 0.438. The molecule has 1 aliphatic rings. The Morgan fingerprint density at radius 1 is 1.48 bits per heavy atom. The maximum absolute atomic E-state index is 9.81. The van der Waals surface area contributed by atoms with Crippen LogP contribution in [0.1, 0.15) is 42.0 Å². The molecule has 0 aliphatic heterocycles. The SMILES string of the molecule is CCc1nn(C)c(COc2ccc3c(c2)CCC3O)c1Cl. The third kappa shape index (κ3) is 2.65. The van der Waals surface area contributed by atoms with Gasteiger partial charge in [0.2, 0.25) is 0 Å². The summed E-state index contributed by atoms with van der Waals surface area (Å²) in [7, 11) is 1.88. The first-order valence-corrected chi connectivity index (χ1v) is 7.62. The van der Waals surface area contributed by atoms with E-state index in [2.05, 4.69) is 5.10 Å². The van der Waals surface area contributed by atoms with Gasteiger partial charge in [-0.05, 0) is 42.5 Å². The molecule has 0 radical (unpaired) electrons. The lowest BCUT2D eigenvalue weighted by molar-refractivity contribution is 0.180. The molecule has 0 amide bonds. The second-order valence-corrected chi connectivity index (χ2v) is 5.77. The first-order valence-electron chi connectivity index (χ1n) is 7.24. The Hall–Kier alpha value is -1.52. The highest BCUT2D eigenvalue weighted by atomic mass is 35.5. The Balaban J connectivity index is 1.75. The van der Waals surface area contributed by atoms with Crippen molar-refractivity contribution < 1.29 is 9.84 Å². The minimum Gasteiger partial charge on any atom is -0.487 e. The summed E-state index contributed by atoms with van der Waals surface area (Å²) in [6.07, 6.45) is 2.18. The monoisotopic (exact) mass is 306 g/mol. The zero-order chi connectivity index (χ0) is 15.0. The molecule has 1 aliphatic carbocycles. The van der Waals surface area contributed by atoms with Crippen LogP contribution in [0.25, 0.3) is 0 Å². The highest BCUT2D eigenvalue weighted by molar-refractivity contribution is 6.31. The van der Waals surface area contributed by atoms with Crippen molar-refractivity contribution >= 4 is 11.6 Å². The van der Waals surface area contributed by atoms with Crippen molar-refractivity contribution in [3.8, 4) is 5.75 Å². The topological polar surface area (TPSA) is 47.3 Å². The van der Waals surface area contributed by atoms with Crippen molar-refractivity contribution in [2.45, 2.75) is 38.9 Å². The van der Waals surface area contributed by atoms with Gasteiger partial charge in [0.05, 0.1) is 22.5 Å². The predicted molar refractivity (Wildman–Crippen MR) is 81.7 cm³/mol. The largest absolute Gasteiger partial charge is 0.487 e. The maximum atomic E-state index is 9.81. The lowest BCUT2D eigenvalue weighted by Gasteiger charge is -2.09. The van der Waals surface area contributed by atoms with E-state index in [1.165, 1.54) is 5.56 Å². The van der Waals surface area contributed by atoms with Gasteiger partial charge < -0.3 is 9.84 Å². The van der Waals surface area contributed by atoms with E-state index < -0.39 is 0 Å². The second-order valence-electron chi connectivity index (χ2n) is 5.39. The molecular formula is C16H19ClN2O2. The van der Waals surface area contributed by atoms with Crippen LogP contribution in [0.15, 0.2) is 18.2 Å². The molecule has 0 bridgehead atoms. The van der Waals surface area contributed by atoms with E-state index in [0.717, 1.165) is 42.0 Å². The summed E-state index contributed by atoms with van der Waals surface area (Å²) >= 11 is 6.31. The lowest BCUT2D eigenvalue weighted by atomic mass is 10.1. The molecule has 1 atom stereocenters. The Bertz CT molecular complexity index is 667. The van der Waals surface area contributed by atoms with Crippen LogP contribution in [0.4, 0.5) is 0 Å². The fourth-order valence-electron chi connectivity index (χ4n) is 2.79. The number of hydrogen-bond donors (Lipinski definition) is 1. The first kappa shape index (κ1) is 14.4. The van der Waals surface area contributed by atoms with Crippen LogP contribution < -0.4 is 4.74 Å². The Morgan fingerprint density at radius 2 is 2.29 bits per heavy atom. The zero-order valence-corrected chi connectivity index (χ0v) is 13.0. The van der Waals surface area contributed by atoms with E-state index in [1.807, 2.05) is 32.2 Å².